The molecule has 0 unspecified atom stereocenters. The number of hydrogen-bond donors (Lipinski definition) is 3. The van der Waals surface area contributed by atoms with Crippen molar-refractivity contribution in [3.05, 3.63) is 69.8 Å². The lowest BCUT2D eigenvalue weighted by atomic mass is 10.1. The fourth-order valence-corrected chi connectivity index (χ4v) is 2.79. The predicted molar refractivity (Wildman–Crippen MR) is 100.0 cm³/mol. The lowest BCUT2D eigenvalue weighted by Gasteiger charge is -2.07. The van der Waals surface area contributed by atoms with Crippen LogP contribution in [0.5, 0.6) is 0 Å². The van der Waals surface area contributed by atoms with Gasteiger partial charge in [-0.3, -0.25) is 19.7 Å². The van der Waals surface area contributed by atoms with Crippen LogP contribution < -0.4 is 15.8 Å². The Kier molecular flexibility index (Phi) is 6.79. The Hall–Kier alpha value is -3.31. The molecule has 0 spiro atoms. The highest BCUT2D eigenvalue weighted by atomic mass is 32.2. The van der Waals surface area contributed by atoms with Gasteiger partial charge in [0.05, 0.1) is 16.4 Å². The van der Waals surface area contributed by atoms with E-state index in [0.717, 1.165) is 11.6 Å². The van der Waals surface area contributed by atoms with Crippen molar-refractivity contribution in [3.63, 3.8) is 0 Å². The number of sulfonamides is 1. The Morgan fingerprint density at radius 3 is 2.36 bits per heavy atom. The van der Waals surface area contributed by atoms with Crippen molar-refractivity contribution in [1.82, 2.24) is 10.6 Å². The molecule has 4 N–H and O–H groups in total. The van der Waals surface area contributed by atoms with Crippen LogP contribution in [0.1, 0.15) is 15.9 Å². The zero-order chi connectivity index (χ0) is 20.7. The summed E-state index contributed by atoms with van der Waals surface area (Å²) in [5.74, 6) is -1.03. The molecular formula is C17H18N4O6S. The Morgan fingerprint density at radius 1 is 1.07 bits per heavy atom. The molecule has 0 bridgehead atoms. The summed E-state index contributed by atoms with van der Waals surface area (Å²) in [5.41, 5.74) is 0.663. The highest BCUT2D eigenvalue weighted by Gasteiger charge is 2.12. The standard InChI is InChI=1S/C17H18N4O6S/c18-28(26,27)15-6-4-12(5-7-15)8-9-19-16(22)11-20-17(23)13-2-1-3-14(10-13)21(24)25/h1-7,10H,8-9,11H2,(H,19,22)(H,20,23)(H2,18,26,27). The number of nitro groups is 1. The predicted octanol–water partition coefficient (Wildman–Crippen LogP) is 0.331. The molecule has 0 saturated heterocycles. The monoisotopic (exact) mass is 406 g/mol. The van der Waals surface area contributed by atoms with Crippen molar-refractivity contribution in [1.29, 1.82) is 0 Å². The highest BCUT2D eigenvalue weighted by Crippen LogP contribution is 2.12. The topological polar surface area (TPSA) is 162 Å². The average Bonchev–Trinajstić information content (AvgIpc) is 2.66. The molecule has 2 aromatic rings. The number of nitrogens with zero attached hydrogens (tertiary/aromatic N) is 1. The zero-order valence-corrected chi connectivity index (χ0v) is 15.4. The third kappa shape index (κ3) is 6.14. The first-order chi connectivity index (χ1) is 13.2. The number of benzene rings is 2. The van der Waals surface area contributed by atoms with E-state index in [1.54, 1.807) is 12.1 Å². The van der Waals surface area contributed by atoms with E-state index in [9.17, 15) is 28.1 Å². The van der Waals surface area contributed by atoms with Crippen LogP contribution in [0.15, 0.2) is 53.4 Å². The van der Waals surface area contributed by atoms with Crippen LogP contribution in [-0.4, -0.2) is 38.2 Å². The maximum atomic E-state index is 12.0. The van der Waals surface area contributed by atoms with Crippen LogP contribution in [0.4, 0.5) is 5.69 Å². The first-order valence-corrected chi connectivity index (χ1v) is 9.62. The van der Waals surface area contributed by atoms with Crippen LogP contribution in [0.2, 0.25) is 0 Å². The quantitative estimate of drug-likeness (QED) is 0.423. The van der Waals surface area contributed by atoms with E-state index in [2.05, 4.69) is 10.6 Å². The molecule has 0 atom stereocenters. The summed E-state index contributed by atoms with van der Waals surface area (Å²) in [6.45, 7) is -0.00782. The molecule has 2 aromatic carbocycles. The number of rotatable bonds is 8. The third-order valence-electron chi connectivity index (χ3n) is 3.72. The maximum absolute atomic E-state index is 12.0. The van der Waals surface area contributed by atoms with Gasteiger partial charge >= 0.3 is 0 Å². The number of nitrogens with two attached hydrogens (primary N) is 1. The molecule has 11 heteroatoms. The van der Waals surface area contributed by atoms with E-state index < -0.39 is 26.8 Å². The van der Waals surface area contributed by atoms with Crippen LogP contribution in [0, 0.1) is 10.1 Å². The van der Waals surface area contributed by atoms with Gasteiger partial charge in [-0.2, -0.15) is 0 Å². The minimum atomic E-state index is -3.75. The van der Waals surface area contributed by atoms with Crippen LogP contribution in [-0.2, 0) is 21.2 Å². The number of primary sulfonamides is 1. The first-order valence-electron chi connectivity index (χ1n) is 8.08. The van der Waals surface area contributed by atoms with E-state index in [-0.39, 0.29) is 29.2 Å². The molecule has 0 heterocycles. The second-order valence-electron chi connectivity index (χ2n) is 5.78. The molecule has 2 amide bonds. The summed E-state index contributed by atoms with van der Waals surface area (Å²) in [6.07, 6.45) is 0.454. The van der Waals surface area contributed by atoms with E-state index in [1.807, 2.05) is 0 Å². The van der Waals surface area contributed by atoms with Gasteiger partial charge in [0.25, 0.3) is 11.6 Å². The summed E-state index contributed by atoms with van der Waals surface area (Å²) < 4.78 is 22.4. The van der Waals surface area contributed by atoms with Crippen molar-refractivity contribution in [2.24, 2.45) is 5.14 Å². The van der Waals surface area contributed by atoms with Gasteiger partial charge < -0.3 is 10.6 Å². The van der Waals surface area contributed by atoms with Crippen molar-refractivity contribution in [2.75, 3.05) is 13.1 Å². The molecule has 0 fully saturated rings. The largest absolute Gasteiger partial charge is 0.354 e. The minimum Gasteiger partial charge on any atom is -0.354 e. The zero-order valence-electron chi connectivity index (χ0n) is 14.6. The second kappa shape index (κ2) is 9.06. The molecule has 28 heavy (non-hydrogen) atoms. The molecule has 0 aromatic heterocycles. The average molecular weight is 406 g/mol. The molecule has 2 rings (SSSR count). The van der Waals surface area contributed by atoms with E-state index in [1.165, 1.54) is 30.3 Å². The van der Waals surface area contributed by atoms with Crippen molar-refractivity contribution < 1.29 is 22.9 Å². The van der Waals surface area contributed by atoms with Crippen LogP contribution in [0.25, 0.3) is 0 Å². The van der Waals surface area contributed by atoms with Gasteiger partial charge in [0.15, 0.2) is 0 Å². The van der Waals surface area contributed by atoms with Gasteiger partial charge in [0, 0.05) is 24.2 Å². The smallest absolute Gasteiger partial charge is 0.270 e. The summed E-state index contributed by atoms with van der Waals surface area (Å²) >= 11 is 0. The van der Waals surface area contributed by atoms with Gasteiger partial charge in [-0.25, -0.2) is 13.6 Å². The van der Waals surface area contributed by atoms with Gasteiger partial charge in [-0.1, -0.05) is 18.2 Å². The van der Waals surface area contributed by atoms with E-state index >= 15 is 0 Å². The van der Waals surface area contributed by atoms with E-state index in [4.69, 9.17) is 5.14 Å². The second-order valence-corrected chi connectivity index (χ2v) is 7.34. The van der Waals surface area contributed by atoms with Gasteiger partial charge in [-0.15, -0.1) is 0 Å². The SMILES string of the molecule is NS(=O)(=O)c1ccc(CCNC(=O)CNC(=O)c2cccc([N+](=O)[O-])c2)cc1. The van der Waals surface area contributed by atoms with Gasteiger partial charge in [0.2, 0.25) is 15.9 Å². The van der Waals surface area contributed by atoms with Crippen molar-refractivity contribution in [3.8, 4) is 0 Å². The number of carbonyl (C=O) groups is 2. The molecule has 0 saturated carbocycles. The van der Waals surface area contributed by atoms with Crippen molar-refractivity contribution in [2.45, 2.75) is 11.3 Å². The fraction of sp³-hybridized carbons (Fsp3) is 0.176. The Morgan fingerprint density at radius 2 is 1.75 bits per heavy atom. The summed E-state index contributed by atoms with van der Waals surface area (Å²) in [5, 5.41) is 20.7. The van der Waals surface area contributed by atoms with Crippen LogP contribution in [0.3, 0.4) is 0 Å². The van der Waals surface area contributed by atoms with Crippen molar-refractivity contribution >= 4 is 27.5 Å². The third-order valence-corrected chi connectivity index (χ3v) is 4.65. The molecule has 0 aliphatic rings. The minimum absolute atomic E-state index is 0.00384. The molecule has 10 nitrogen and oxygen atoms in total. The highest BCUT2D eigenvalue weighted by molar-refractivity contribution is 7.89. The summed E-state index contributed by atoms with van der Waals surface area (Å²) in [6, 6.07) is 11.1. The molecular weight excluding hydrogens is 388 g/mol. The molecule has 0 aliphatic carbocycles. The van der Waals surface area contributed by atoms with E-state index in [0.29, 0.717) is 6.42 Å². The Balaban J connectivity index is 1.77. The fourth-order valence-electron chi connectivity index (χ4n) is 2.28. The number of hydrogen-bond acceptors (Lipinski definition) is 6. The number of carbonyl (C=O) groups excluding carboxylic acids is 2. The lowest BCUT2D eigenvalue weighted by molar-refractivity contribution is -0.384. The maximum Gasteiger partial charge on any atom is 0.270 e. The number of nitrogens with one attached hydrogen (secondary N) is 2. The Bertz CT molecular complexity index is 989. The normalized spacial score (nSPS) is 10.9. The summed E-state index contributed by atoms with van der Waals surface area (Å²) in [7, 11) is -3.75. The molecule has 148 valence electrons. The van der Waals surface area contributed by atoms with Gasteiger partial charge in [0.1, 0.15) is 0 Å². The first kappa shape index (κ1) is 21.0. The Labute approximate surface area is 160 Å². The number of non-ortho nitro benzene ring substituents is 1. The van der Waals surface area contributed by atoms with Gasteiger partial charge in [-0.05, 0) is 30.2 Å². The summed E-state index contributed by atoms with van der Waals surface area (Å²) in [4.78, 5) is 33.9. The lowest BCUT2D eigenvalue weighted by Crippen LogP contribution is -2.37. The number of amides is 2. The molecule has 0 aliphatic heterocycles. The number of nitro benzene ring substituents is 1. The van der Waals surface area contributed by atoms with Crippen LogP contribution >= 0.6 is 0 Å². The molecule has 0 radical (unpaired) electrons.